The van der Waals surface area contributed by atoms with Crippen LogP contribution >= 0.6 is 43.5 Å². The van der Waals surface area contributed by atoms with E-state index < -0.39 is 0 Å². The smallest absolute Gasteiger partial charge is 0.0735 e. The Hall–Kier alpha value is -0.360. The predicted octanol–water partition coefficient (Wildman–Crippen LogP) is 3.65. The summed E-state index contributed by atoms with van der Waals surface area (Å²) in [5.74, 6) is 0. The minimum atomic E-state index is -0.262. The molecule has 2 N–H and O–H groups in total. The summed E-state index contributed by atoms with van der Waals surface area (Å²) >= 11 is 12.9. The summed E-state index contributed by atoms with van der Waals surface area (Å²) in [7, 11) is 1.86. The largest absolute Gasteiger partial charge is 0.319 e. The highest BCUT2D eigenvalue weighted by molar-refractivity contribution is 9.10. The molecule has 1 aromatic carbocycles. The molecule has 0 aliphatic carbocycles. The van der Waals surface area contributed by atoms with Crippen molar-refractivity contribution in [1.29, 1.82) is 0 Å². The molecule has 6 heteroatoms. The zero-order chi connectivity index (χ0) is 12.6. The van der Waals surface area contributed by atoms with Gasteiger partial charge in [0.05, 0.1) is 27.4 Å². The number of nitrogens with two attached hydrogens (primary N) is 1. The molecule has 0 radical (unpaired) electrons. The normalized spacial score (nSPS) is 12.8. The van der Waals surface area contributed by atoms with Gasteiger partial charge in [-0.2, -0.15) is 5.10 Å². The summed E-state index contributed by atoms with van der Waals surface area (Å²) in [6.45, 7) is 0. The number of rotatable bonds is 2. The van der Waals surface area contributed by atoms with E-state index in [2.05, 4.69) is 37.0 Å². The maximum atomic E-state index is 6.22. The first-order chi connectivity index (χ1) is 8.00. The fourth-order valence-electron chi connectivity index (χ4n) is 1.63. The number of hydrogen-bond donors (Lipinski definition) is 1. The van der Waals surface area contributed by atoms with Crippen LogP contribution in [0.4, 0.5) is 0 Å². The van der Waals surface area contributed by atoms with Crippen molar-refractivity contribution in [2.75, 3.05) is 0 Å². The third-order valence-electron chi connectivity index (χ3n) is 2.53. The first-order valence-electron chi connectivity index (χ1n) is 4.88. The molecule has 2 rings (SSSR count). The molecular formula is C11H10Br2ClN3. The van der Waals surface area contributed by atoms with Gasteiger partial charge in [-0.25, -0.2) is 0 Å². The number of aryl methyl sites for hydroxylation is 1. The SMILES string of the molecule is Cn1ncc(Br)c1C(N)c1ccc(Br)c(Cl)c1. The van der Waals surface area contributed by atoms with Crippen molar-refractivity contribution in [1.82, 2.24) is 9.78 Å². The van der Waals surface area contributed by atoms with Crippen molar-refractivity contribution in [2.24, 2.45) is 12.8 Å². The second-order valence-corrected chi connectivity index (χ2v) is 5.77. The van der Waals surface area contributed by atoms with Crippen LogP contribution in [-0.2, 0) is 7.05 Å². The van der Waals surface area contributed by atoms with E-state index in [1.54, 1.807) is 10.9 Å². The van der Waals surface area contributed by atoms with E-state index in [1.165, 1.54) is 0 Å². The second-order valence-electron chi connectivity index (χ2n) is 3.65. The number of benzene rings is 1. The van der Waals surface area contributed by atoms with Crippen molar-refractivity contribution < 1.29 is 0 Å². The number of halogens is 3. The van der Waals surface area contributed by atoms with Crippen LogP contribution in [0, 0.1) is 0 Å². The molecule has 0 aliphatic rings. The molecular weight excluding hydrogens is 369 g/mol. The Balaban J connectivity index is 2.43. The van der Waals surface area contributed by atoms with Gasteiger partial charge in [0, 0.05) is 11.5 Å². The average Bonchev–Trinajstić information content (AvgIpc) is 2.62. The van der Waals surface area contributed by atoms with Crippen LogP contribution < -0.4 is 5.73 Å². The molecule has 1 aromatic heterocycles. The van der Waals surface area contributed by atoms with Crippen LogP contribution in [0.1, 0.15) is 17.3 Å². The number of nitrogens with zero attached hydrogens (tertiary/aromatic N) is 2. The van der Waals surface area contributed by atoms with Gasteiger partial charge in [-0.05, 0) is 49.6 Å². The van der Waals surface area contributed by atoms with Crippen molar-refractivity contribution in [3.05, 3.63) is 49.6 Å². The standard InChI is InChI=1S/C11H10Br2ClN3/c1-17-11(8(13)5-16-17)10(15)6-2-3-7(12)9(14)4-6/h2-5,10H,15H2,1H3. The Labute approximate surface area is 121 Å². The van der Waals surface area contributed by atoms with Crippen LogP contribution in [0.5, 0.6) is 0 Å². The lowest BCUT2D eigenvalue weighted by atomic mass is 10.1. The molecule has 0 aliphatic heterocycles. The molecule has 2 aromatic rings. The van der Waals surface area contributed by atoms with Gasteiger partial charge in [-0.3, -0.25) is 4.68 Å². The average molecular weight is 379 g/mol. The Kier molecular flexibility index (Phi) is 3.92. The Morgan fingerprint density at radius 3 is 2.59 bits per heavy atom. The first kappa shape index (κ1) is 13.1. The molecule has 1 atom stereocenters. The summed E-state index contributed by atoms with van der Waals surface area (Å²) in [6, 6.07) is 5.43. The van der Waals surface area contributed by atoms with Gasteiger partial charge >= 0.3 is 0 Å². The summed E-state index contributed by atoms with van der Waals surface area (Å²) < 4.78 is 3.51. The monoisotopic (exact) mass is 377 g/mol. The molecule has 1 unspecified atom stereocenters. The predicted molar refractivity (Wildman–Crippen MR) is 76.1 cm³/mol. The fourth-order valence-corrected chi connectivity index (χ4v) is 2.66. The van der Waals surface area contributed by atoms with Crippen LogP contribution in [0.3, 0.4) is 0 Å². The van der Waals surface area contributed by atoms with E-state index in [-0.39, 0.29) is 6.04 Å². The van der Waals surface area contributed by atoms with E-state index >= 15 is 0 Å². The van der Waals surface area contributed by atoms with Crippen LogP contribution in [0.2, 0.25) is 5.02 Å². The molecule has 1 heterocycles. The molecule has 17 heavy (non-hydrogen) atoms. The highest BCUT2D eigenvalue weighted by Gasteiger charge is 2.17. The van der Waals surface area contributed by atoms with E-state index in [4.69, 9.17) is 17.3 Å². The van der Waals surface area contributed by atoms with E-state index in [0.29, 0.717) is 5.02 Å². The molecule has 90 valence electrons. The van der Waals surface area contributed by atoms with Gasteiger partial charge in [-0.1, -0.05) is 17.7 Å². The van der Waals surface area contributed by atoms with Gasteiger partial charge in [0.25, 0.3) is 0 Å². The lowest BCUT2D eigenvalue weighted by molar-refractivity contribution is 0.671. The van der Waals surface area contributed by atoms with Gasteiger partial charge in [0.15, 0.2) is 0 Å². The highest BCUT2D eigenvalue weighted by atomic mass is 79.9. The third kappa shape index (κ3) is 2.57. The Morgan fingerprint density at radius 2 is 2.06 bits per heavy atom. The van der Waals surface area contributed by atoms with Crippen molar-refractivity contribution in [2.45, 2.75) is 6.04 Å². The van der Waals surface area contributed by atoms with Crippen molar-refractivity contribution in [3.63, 3.8) is 0 Å². The maximum absolute atomic E-state index is 6.22. The van der Waals surface area contributed by atoms with E-state index in [9.17, 15) is 0 Å². The van der Waals surface area contributed by atoms with Gasteiger partial charge in [-0.15, -0.1) is 0 Å². The van der Waals surface area contributed by atoms with Gasteiger partial charge < -0.3 is 5.73 Å². The summed E-state index contributed by atoms with van der Waals surface area (Å²) in [5, 5.41) is 4.80. The van der Waals surface area contributed by atoms with Crippen molar-refractivity contribution in [3.8, 4) is 0 Å². The summed E-state index contributed by atoms with van der Waals surface area (Å²) in [5.41, 5.74) is 8.08. The minimum absolute atomic E-state index is 0.262. The fraction of sp³-hybridized carbons (Fsp3) is 0.182. The number of aromatic nitrogens is 2. The van der Waals surface area contributed by atoms with E-state index in [1.807, 2.05) is 25.2 Å². The lowest BCUT2D eigenvalue weighted by Crippen LogP contribution is -2.16. The molecule has 0 saturated heterocycles. The van der Waals surface area contributed by atoms with Crippen LogP contribution in [0.15, 0.2) is 33.3 Å². The third-order valence-corrected chi connectivity index (χ3v) is 4.38. The Bertz CT molecular complexity index is 534. The van der Waals surface area contributed by atoms with Gasteiger partial charge in [0.2, 0.25) is 0 Å². The topological polar surface area (TPSA) is 43.8 Å². The zero-order valence-electron chi connectivity index (χ0n) is 8.99. The quantitative estimate of drug-likeness (QED) is 0.866. The van der Waals surface area contributed by atoms with Crippen LogP contribution in [-0.4, -0.2) is 9.78 Å². The Morgan fingerprint density at radius 1 is 1.35 bits per heavy atom. The minimum Gasteiger partial charge on any atom is -0.319 e. The summed E-state index contributed by atoms with van der Waals surface area (Å²) in [4.78, 5) is 0. The molecule has 0 saturated carbocycles. The summed E-state index contributed by atoms with van der Waals surface area (Å²) in [6.07, 6.45) is 1.73. The molecule has 3 nitrogen and oxygen atoms in total. The second kappa shape index (κ2) is 5.10. The number of hydrogen-bond acceptors (Lipinski definition) is 2. The van der Waals surface area contributed by atoms with E-state index in [0.717, 1.165) is 20.2 Å². The van der Waals surface area contributed by atoms with Crippen molar-refractivity contribution >= 4 is 43.5 Å². The molecule has 0 bridgehead atoms. The molecule has 0 fully saturated rings. The molecule has 0 amide bonds. The van der Waals surface area contributed by atoms with Gasteiger partial charge in [0.1, 0.15) is 0 Å². The molecule has 0 spiro atoms. The lowest BCUT2D eigenvalue weighted by Gasteiger charge is -2.14. The van der Waals surface area contributed by atoms with Crippen LogP contribution in [0.25, 0.3) is 0 Å². The highest BCUT2D eigenvalue weighted by Crippen LogP contribution is 2.30. The maximum Gasteiger partial charge on any atom is 0.0735 e. The zero-order valence-corrected chi connectivity index (χ0v) is 12.9. The first-order valence-corrected chi connectivity index (χ1v) is 6.85.